The molecule has 1 heterocycles. The lowest BCUT2D eigenvalue weighted by Crippen LogP contribution is -2.34. The number of nitro groups is 1. The van der Waals surface area contributed by atoms with Gasteiger partial charge in [0.2, 0.25) is 6.10 Å². The van der Waals surface area contributed by atoms with Gasteiger partial charge in [-0.05, 0) is 25.0 Å². The van der Waals surface area contributed by atoms with Gasteiger partial charge in [-0.25, -0.2) is 4.79 Å². The van der Waals surface area contributed by atoms with Crippen LogP contribution in [0.4, 0.5) is 11.4 Å². The number of ether oxygens (including phenoxy) is 1. The van der Waals surface area contributed by atoms with Gasteiger partial charge in [-0.1, -0.05) is 30.3 Å². The summed E-state index contributed by atoms with van der Waals surface area (Å²) in [5.41, 5.74) is 0.764. The van der Waals surface area contributed by atoms with E-state index in [1.807, 2.05) is 6.07 Å². The molecule has 0 spiro atoms. The summed E-state index contributed by atoms with van der Waals surface area (Å²) in [4.78, 5) is 39.9. The Hall–Kier alpha value is -3.42. The van der Waals surface area contributed by atoms with Crippen molar-refractivity contribution < 1.29 is 19.2 Å². The maximum atomic E-state index is 13.0. The first-order valence-electron chi connectivity index (χ1n) is 9.39. The van der Waals surface area contributed by atoms with Gasteiger partial charge in [-0.2, -0.15) is 0 Å². The van der Waals surface area contributed by atoms with E-state index in [-0.39, 0.29) is 17.2 Å². The number of hydrogen-bond donors (Lipinski definition) is 0. The molecule has 1 aliphatic heterocycles. The molecule has 8 nitrogen and oxygen atoms in total. The number of nitro benzene ring substituents is 1. The summed E-state index contributed by atoms with van der Waals surface area (Å²) in [7, 11) is 3.36. The first kappa shape index (κ1) is 20.3. The van der Waals surface area contributed by atoms with Crippen LogP contribution in [0.5, 0.6) is 0 Å². The molecule has 8 heteroatoms. The molecule has 1 aliphatic rings. The molecule has 29 heavy (non-hydrogen) atoms. The Morgan fingerprint density at radius 1 is 1.10 bits per heavy atom. The van der Waals surface area contributed by atoms with Crippen molar-refractivity contribution >= 4 is 23.3 Å². The summed E-state index contributed by atoms with van der Waals surface area (Å²) in [5.74, 6) is -1.05. The Labute approximate surface area is 168 Å². The SMILES string of the molecule is CN(C)c1ccc(C(=O)O[C@@H](C(=O)N2CCCC2)c2ccccc2)cc1[N+](=O)[O-]. The van der Waals surface area contributed by atoms with Gasteiger partial charge < -0.3 is 14.5 Å². The van der Waals surface area contributed by atoms with Crippen LogP contribution in [-0.4, -0.2) is 48.9 Å². The minimum absolute atomic E-state index is 0.0254. The van der Waals surface area contributed by atoms with Crippen LogP contribution in [0.3, 0.4) is 0 Å². The summed E-state index contributed by atoms with van der Waals surface area (Å²) >= 11 is 0. The number of amides is 1. The number of likely N-dealkylation sites (tertiary alicyclic amines) is 1. The Balaban J connectivity index is 1.89. The number of carbonyl (C=O) groups is 2. The molecule has 0 radical (unpaired) electrons. The van der Waals surface area contributed by atoms with Crippen LogP contribution in [-0.2, 0) is 9.53 Å². The van der Waals surface area contributed by atoms with Crippen LogP contribution in [0.25, 0.3) is 0 Å². The molecule has 0 saturated carbocycles. The standard InChI is InChI=1S/C21H23N3O5/c1-22(2)17-11-10-16(14-18(17)24(27)28)21(26)29-19(15-8-4-3-5-9-15)20(25)23-12-6-7-13-23/h3-5,8-11,14,19H,6-7,12-13H2,1-2H3/t19-/m1/s1. The smallest absolute Gasteiger partial charge is 0.339 e. The number of rotatable bonds is 6. The second kappa shape index (κ2) is 8.72. The van der Waals surface area contributed by atoms with Gasteiger partial charge in [0, 0.05) is 38.8 Å². The highest BCUT2D eigenvalue weighted by Gasteiger charge is 2.31. The number of anilines is 1. The predicted octanol–water partition coefficient (Wildman–Crippen LogP) is 3.18. The van der Waals surface area contributed by atoms with Crippen LogP contribution in [0.15, 0.2) is 48.5 Å². The van der Waals surface area contributed by atoms with Crippen molar-refractivity contribution in [3.63, 3.8) is 0 Å². The summed E-state index contributed by atoms with van der Waals surface area (Å²) in [6.07, 6.45) is 0.744. The Morgan fingerprint density at radius 3 is 2.34 bits per heavy atom. The number of hydrogen-bond acceptors (Lipinski definition) is 6. The summed E-state index contributed by atoms with van der Waals surface area (Å²) in [6, 6.07) is 12.9. The average molecular weight is 397 g/mol. The molecule has 2 aromatic rings. The number of nitrogens with zero attached hydrogens (tertiary/aromatic N) is 3. The molecule has 1 saturated heterocycles. The van der Waals surface area contributed by atoms with E-state index < -0.39 is 17.0 Å². The average Bonchev–Trinajstić information content (AvgIpc) is 3.26. The Bertz CT molecular complexity index is 908. The van der Waals surface area contributed by atoms with Crippen molar-refractivity contribution in [3.8, 4) is 0 Å². The third-order valence-corrected chi connectivity index (χ3v) is 4.86. The van der Waals surface area contributed by atoms with Crippen molar-refractivity contribution in [2.45, 2.75) is 18.9 Å². The first-order valence-corrected chi connectivity index (χ1v) is 9.39. The fraction of sp³-hybridized carbons (Fsp3) is 0.333. The number of carbonyl (C=O) groups excluding carboxylic acids is 2. The monoisotopic (exact) mass is 397 g/mol. The zero-order valence-corrected chi connectivity index (χ0v) is 16.4. The van der Waals surface area contributed by atoms with Crippen LogP contribution in [0.2, 0.25) is 0 Å². The lowest BCUT2D eigenvalue weighted by atomic mass is 10.1. The maximum absolute atomic E-state index is 13.0. The molecule has 2 aromatic carbocycles. The quantitative estimate of drug-likeness (QED) is 0.422. The second-order valence-corrected chi connectivity index (χ2v) is 7.08. The summed E-state index contributed by atoms with van der Waals surface area (Å²) in [6.45, 7) is 1.26. The number of benzene rings is 2. The maximum Gasteiger partial charge on any atom is 0.339 e. The fourth-order valence-electron chi connectivity index (χ4n) is 3.34. The molecule has 1 amide bonds. The van der Waals surface area contributed by atoms with Crippen LogP contribution >= 0.6 is 0 Å². The third kappa shape index (κ3) is 4.53. The highest BCUT2D eigenvalue weighted by atomic mass is 16.6. The van der Waals surface area contributed by atoms with Crippen molar-refractivity contribution in [3.05, 3.63) is 69.8 Å². The molecule has 0 unspecified atom stereocenters. The van der Waals surface area contributed by atoms with Crippen LogP contribution in [0.1, 0.15) is 34.9 Å². The Kier molecular flexibility index (Phi) is 6.11. The van der Waals surface area contributed by atoms with Gasteiger partial charge in [0.25, 0.3) is 11.6 Å². The van der Waals surface area contributed by atoms with Gasteiger partial charge in [0.15, 0.2) is 0 Å². The lowest BCUT2D eigenvalue weighted by Gasteiger charge is -2.23. The number of esters is 1. The van der Waals surface area contributed by atoms with Gasteiger partial charge in [0.1, 0.15) is 5.69 Å². The zero-order chi connectivity index (χ0) is 21.0. The zero-order valence-electron chi connectivity index (χ0n) is 16.4. The van der Waals surface area contributed by atoms with Gasteiger partial charge in [-0.3, -0.25) is 14.9 Å². The molecule has 152 valence electrons. The van der Waals surface area contributed by atoms with Gasteiger partial charge in [-0.15, -0.1) is 0 Å². The topological polar surface area (TPSA) is 93.0 Å². The van der Waals surface area contributed by atoms with Crippen LogP contribution < -0.4 is 4.90 Å². The normalized spacial score (nSPS) is 14.3. The molecule has 1 atom stereocenters. The molecule has 0 bridgehead atoms. The molecule has 3 rings (SSSR count). The van der Waals surface area contributed by atoms with Crippen molar-refractivity contribution in [2.24, 2.45) is 0 Å². The minimum atomic E-state index is -1.09. The van der Waals surface area contributed by atoms with Crippen molar-refractivity contribution in [1.29, 1.82) is 0 Å². The van der Waals surface area contributed by atoms with E-state index in [2.05, 4.69) is 0 Å². The van der Waals surface area contributed by atoms with Crippen LogP contribution in [0, 0.1) is 10.1 Å². The first-order chi connectivity index (χ1) is 13.9. The molecule has 0 N–H and O–H groups in total. The molecule has 1 fully saturated rings. The molecular weight excluding hydrogens is 374 g/mol. The Morgan fingerprint density at radius 2 is 1.76 bits per heavy atom. The van der Waals surface area contributed by atoms with Gasteiger partial charge >= 0.3 is 5.97 Å². The van der Waals surface area contributed by atoms with Crippen molar-refractivity contribution in [2.75, 3.05) is 32.1 Å². The van der Waals surface area contributed by atoms with E-state index >= 15 is 0 Å². The van der Waals surface area contributed by atoms with E-state index in [1.54, 1.807) is 48.2 Å². The third-order valence-electron chi connectivity index (χ3n) is 4.86. The highest BCUT2D eigenvalue weighted by molar-refractivity contribution is 5.94. The largest absolute Gasteiger partial charge is 0.444 e. The molecule has 0 aromatic heterocycles. The predicted molar refractivity (Wildman–Crippen MR) is 108 cm³/mol. The van der Waals surface area contributed by atoms with E-state index in [4.69, 9.17) is 4.74 Å². The minimum Gasteiger partial charge on any atom is -0.444 e. The second-order valence-electron chi connectivity index (χ2n) is 7.08. The summed E-state index contributed by atoms with van der Waals surface area (Å²) in [5, 5.41) is 11.4. The van der Waals surface area contributed by atoms with E-state index in [1.165, 1.54) is 18.2 Å². The molecular formula is C21H23N3O5. The van der Waals surface area contributed by atoms with E-state index in [0.717, 1.165) is 12.8 Å². The highest BCUT2D eigenvalue weighted by Crippen LogP contribution is 2.29. The molecule has 0 aliphatic carbocycles. The van der Waals surface area contributed by atoms with E-state index in [9.17, 15) is 19.7 Å². The van der Waals surface area contributed by atoms with E-state index in [0.29, 0.717) is 24.3 Å². The lowest BCUT2D eigenvalue weighted by molar-refractivity contribution is -0.384. The fourth-order valence-corrected chi connectivity index (χ4v) is 3.34. The summed E-state index contributed by atoms with van der Waals surface area (Å²) < 4.78 is 5.57. The van der Waals surface area contributed by atoms with Gasteiger partial charge in [0.05, 0.1) is 10.5 Å². The van der Waals surface area contributed by atoms with Crippen molar-refractivity contribution in [1.82, 2.24) is 4.90 Å².